The van der Waals surface area contributed by atoms with E-state index in [1.54, 1.807) is 32.4 Å². The fraction of sp³-hybridized carbons (Fsp3) is 0.250. The lowest BCUT2D eigenvalue weighted by molar-refractivity contribution is -0.139. The number of amides is 2. The van der Waals surface area contributed by atoms with Crippen molar-refractivity contribution in [3.63, 3.8) is 0 Å². The number of benzene rings is 2. The summed E-state index contributed by atoms with van der Waals surface area (Å²) in [5.41, 5.74) is 3.81. The molecule has 2 rings (SSSR count). The zero-order valence-electron chi connectivity index (χ0n) is 16.0. The Balaban J connectivity index is 1.81. The molecule has 2 amide bonds. The van der Waals surface area contributed by atoms with Crippen LogP contribution in [0, 0.1) is 0 Å². The second kappa shape index (κ2) is 10.6. The molecule has 2 aromatic carbocycles. The van der Waals surface area contributed by atoms with Crippen LogP contribution in [0.25, 0.3) is 0 Å². The third kappa shape index (κ3) is 5.73. The summed E-state index contributed by atoms with van der Waals surface area (Å²) in [4.78, 5) is 23.7. The maximum Gasteiger partial charge on any atom is 0.329 e. The molecule has 0 fully saturated rings. The van der Waals surface area contributed by atoms with Gasteiger partial charge in [-0.05, 0) is 36.2 Å². The molecule has 28 heavy (non-hydrogen) atoms. The maximum atomic E-state index is 11.9. The highest BCUT2D eigenvalue weighted by Crippen LogP contribution is 2.27. The molecule has 148 valence electrons. The second-order valence-electron chi connectivity index (χ2n) is 5.64. The average Bonchev–Trinajstić information content (AvgIpc) is 2.73. The Morgan fingerprint density at radius 2 is 1.64 bits per heavy atom. The minimum absolute atomic E-state index is 0.290. The maximum absolute atomic E-state index is 11.9. The molecule has 0 radical (unpaired) electrons. The van der Waals surface area contributed by atoms with Crippen molar-refractivity contribution in [2.45, 2.75) is 6.42 Å². The first kappa shape index (κ1) is 20.8. The fourth-order valence-corrected chi connectivity index (χ4v) is 2.42. The van der Waals surface area contributed by atoms with Crippen molar-refractivity contribution in [3.05, 3.63) is 53.6 Å². The van der Waals surface area contributed by atoms with Crippen LogP contribution in [-0.2, 0) is 16.0 Å². The Morgan fingerprint density at radius 1 is 0.929 bits per heavy atom. The number of nitrogens with zero attached hydrogens (tertiary/aromatic N) is 1. The smallest absolute Gasteiger partial charge is 0.329 e. The fourth-order valence-electron chi connectivity index (χ4n) is 2.42. The predicted molar refractivity (Wildman–Crippen MR) is 105 cm³/mol. The number of nitrogens with one attached hydrogen (secondary N) is 2. The molecule has 8 heteroatoms. The van der Waals surface area contributed by atoms with E-state index < -0.39 is 11.8 Å². The second-order valence-corrected chi connectivity index (χ2v) is 5.64. The molecular formula is C20H23N3O5. The van der Waals surface area contributed by atoms with E-state index >= 15 is 0 Å². The van der Waals surface area contributed by atoms with E-state index in [1.807, 2.05) is 24.3 Å². The largest absolute Gasteiger partial charge is 0.496 e. The quantitative estimate of drug-likeness (QED) is 0.408. The molecule has 0 heterocycles. The topological polar surface area (TPSA) is 98.2 Å². The van der Waals surface area contributed by atoms with Gasteiger partial charge in [0, 0.05) is 12.1 Å². The number of carbonyl (C=O) groups excluding carboxylic acids is 2. The summed E-state index contributed by atoms with van der Waals surface area (Å²) < 4.78 is 15.6. The molecule has 0 saturated heterocycles. The van der Waals surface area contributed by atoms with Gasteiger partial charge in [-0.3, -0.25) is 9.59 Å². The van der Waals surface area contributed by atoms with Crippen molar-refractivity contribution in [3.8, 4) is 17.2 Å². The van der Waals surface area contributed by atoms with Crippen molar-refractivity contribution in [2.75, 3.05) is 27.9 Å². The Hall–Kier alpha value is -3.55. The average molecular weight is 385 g/mol. The van der Waals surface area contributed by atoms with E-state index in [4.69, 9.17) is 14.2 Å². The molecule has 0 saturated carbocycles. The van der Waals surface area contributed by atoms with Gasteiger partial charge in [0.1, 0.15) is 5.75 Å². The van der Waals surface area contributed by atoms with Crippen molar-refractivity contribution < 1.29 is 23.8 Å². The number of rotatable bonds is 8. The Bertz CT molecular complexity index is 851. The van der Waals surface area contributed by atoms with Gasteiger partial charge in [-0.2, -0.15) is 5.10 Å². The van der Waals surface area contributed by atoms with Crippen LogP contribution < -0.4 is 25.0 Å². The first-order valence-electron chi connectivity index (χ1n) is 8.54. The first-order chi connectivity index (χ1) is 13.6. The third-order valence-corrected chi connectivity index (χ3v) is 3.86. The normalized spacial score (nSPS) is 10.4. The number of hydrogen-bond donors (Lipinski definition) is 2. The standard InChI is InChI=1S/C20H23N3O5/c1-26-16-7-5-4-6-15(16)13-22-23-20(25)19(24)21-11-10-14-8-9-17(27-2)18(12-14)28-3/h4-9,12-13H,10-11H2,1-3H3,(H,21,24)(H,23,25)/b22-13+. The monoisotopic (exact) mass is 385 g/mol. The van der Waals surface area contributed by atoms with Crippen LogP contribution in [0.5, 0.6) is 17.2 Å². The lowest BCUT2D eigenvalue weighted by Crippen LogP contribution is -2.38. The summed E-state index contributed by atoms with van der Waals surface area (Å²) >= 11 is 0. The predicted octanol–water partition coefficient (Wildman–Crippen LogP) is 1.52. The summed E-state index contributed by atoms with van der Waals surface area (Å²) in [6, 6.07) is 12.7. The summed E-state index contributed by atoms with van der Waals surface area (Å²) in [5, 5.41) is 6.33. The van der Waals surface area contributed by atoms with Crippen molar-refractivity contribution in [2.24, 2.45) is 5.10 Å². The molecule has 0 aliphatic carbocycles. The van der Waals surface area contributed by atoms with Crippen LogP contribution in [0.3, 0.4) is 0 Å². The van der Waals surface area contributed by atoms with E-state index in [9.17, 15) is 9.59 Å². The van der Waals surface area contributed by atoms with Gasteiger partial charge in [0.2, 0.25) is 0 Å². The molecule has 2 N–H and O–H groups in total. The highest BCUT2D eigenvalue weighted by Gasteiger charge is 2.12. The Morgan fingerprint density at radius 3 is 2.36 bits per heavy atom. The molecule has 0 bridgehead atoms. The van der Waals surface area contributed by atoms with Gasteiger partial charge in [-0.25, -0.2) is 5.43 Å². The van der Waals surface area contributed by atoms with E-state index in [0.717, 1.165) is 5.56 Å². The van der Waals surface area contributed by atoms with Crippen molar-refractivity contribution >= 4 is 18.0 Å². The number of para-hydroxylation sites is 1. The van der Waals surface area contributed by atoms with Gasteiger partial charge in [-0.1, -0.05) is 18.2 Å². The van der Waals surface area contributed by atoms with Crippen LogP contribution in [-0.4, -0.2) is 45.9 Å². The van der Waals surface area contributed by atoms with E-state index in [-0.39, 0.29) is 6.54 Å². The van der Waals surface area contributed by atoms with E-state index in [2.05, 4.69) is 15.8 Å². The molecule has 0 atom stereocenters. The molecule has 2 aromatic rings. The van der Waals surface area contributed by atoms with Gasteiger partial charge in [-0.15, -0.1) is 0 Å². The molecule has 0 spiro atoms. The van der Waals surface area contributed by atoms with Gasteiger partial charge in [0.15, 0.2) is 11.5 Å². The summed E-state index contributed by atoms with van der Waals surface area (Å²) in [5.74, 6) is 0.230. The number of hydrazone groups is 1. The molecule has 0 unspecified atom stereocenters. The van der Waals surface area contributed by atoms with Gasteiger partial charge in [0.05, 0.1) is 27.5 Å². The highest BCUT2D eigenvalue weighted by molar-refractivity contribution is 6.35. The van der Waals surface area contributed by atoms with Crippen LogP contribution in [0.15, 0.2) is 47.6 Å². The number of hydrogen-bond acceptors (Lipinski definition) is 6. The van der Waals surface area contributed by atoms with Crippen molar-refractivity contribution in [1.29, 1.82) is 0 Å². The van der Waals surface area contributed by atoms with Crippen LogP contribution >= 0.6 is 0 Å². The van der Waals surface area contributed by atoms with Crippen LogP contribution in [0.1, 0.15) is 11.1 Å². The van der Waals surface area contributed by atoms with Gasteiger partial charge < -0.3 is 19.5 Å². The summed E-state index contributed by atoms with van der Waals surface area (Å²) in [6.45, 7) is 0.290. The Labute approximate surface area is 163 Å². The SMILES string of the molecule is COc1ccccc1/C=N/NC(=O)C(=O)NCCc1ccc(OC)c(OC)c1. The molecule has 0 aliphatic rings. The third-order valence-electron chi connectivity index (χ3n) is 3.86. The first-order valence-corrected chi connectivity index (χ1v) is 8.54. The number of carbonyl (C=O) groups is 2. The van der Waals surface area contributed by atoms with Crippen LogP contribution in [0.4, 0.5) is 0 Å². The number of methoxy groups -OCH3 is 3. The lowest BCUT2D eigenvalue weighted by atomic mass is 10.1. The molecule has 0 aromatic heterocycles. The van der Waals surface area contributed by atoms with E-state index in [1.165, 1.54) is 13.3 Å². The van der Waals surface area contributed by atoms with E-state index in [0.29, 0.717) is 29.2 Å². The number of ether oxygens (including phenoxy) is 3. The highest BCUT2D eigenvalue weighted by atomic mass is 16.5. The van der Waals surface area contributed by atoms with Crippen molar-refractivity contribution in [1.82, 2.24) is 10.7 Å². The molecular weight excluding hydrogens is 362 g/mol. The zero-order chi connectivity index (χ0) is 20.4. The van der Waals surface area contributed by atoms with Gasteiger partial charge >= 0.3 is 11.8 Å². The lowest BCUT2D eigenvalue weighted by Gasteiger charge is -2.10. The molecule has 8 nitrogen and oxygen atoms in total. The zero-order valence-corrected chi connectivity index (χ0v) is 16.0. The minimum Gasteiger partial charge on any atom is -0.496 e. The van der Waals surface area contributed by atoms with Crippen LogP contribution in [0.2, 0.25) is 0 Å². The van der Waals surface area contributed by atoms with Gasteiger partial charge in [0.25, 0.3) is 0 Å². The summed E-state index contributed by atoms with van der Waals surface area (Å²) in [7, 11) is 4.66. The molecule has 0 aliphatic heterocycles. The summed E-state index contributed by atoms with van der Waals surface area (Å²) in [6.07, 6.45) is 1.94. The minimum atomic E-state index is -0.849. The Kier molecular flexibility index (Phi) is 7.83.